The first-order valence-corrected chi connectivity index (χ1v) is 17.3. The lowest BCUT2D eigenvalue weighted by Crippen LogP contribution is -2.48. The van der Waals surface area contributed by atoms with Crippen molar-refractivity contribution in [1.29, 1.82) is 0 Å². The highest BCUT2D eigenvalue weighted by molar-refractivity contribution is 6.75. The summed E-state index contributed by atoms with van der Waals surface area (Å²) in [5.41, 5.74) is -0.0282. The van der Waals surface area contributed by atoms with E-state index >= 15 is 0 Å². The lowest BCUT2D eigenvalue weighted by Gasteiger charge is -2.43. The van der Waals surface area contributed by atoms with Crippen molar-refractivity contribution >= 4 is 16.6 Å². The first-order valence-electron chi connectivity index (χ1n) is 12.2. The highest BCUT2D eigenvalue weighted by Crippen LogP contribution is 2.39. The molecule has 0 aromatic rings. The van der Waals surface area contributed by atoms with Gasteiger partial charge in [0, 0.05) is 18.6 Å². The number of unbranched alkanes of at least 4 members (excludes halogenated alkanes) is 1. The summed E-state index contributed by atoms with van der Waals surface area (Å²) in [4.78, 5) is 0. The third kappa shape index (κ3) is 9.74. The van der Waals surface area contributed by atoms with Crippen LogP contribution in [0.5, 0.6) is 0 Å². The van der Waals surface area contributed by atoms with Crippen LogP contribution in [0.3, 0.4) is 0 Å². The van der Waals surface area contributed by atoms with E-state index in [4.69, 9.17) is 8.85 Å². The molecule has 0 aliphatic rings. The van der Waals surface area contributed by atoms with Crippen LogP contribution in [0.25, 0.3) is 0 Å². The topological polar surface area (TPSA) is 18.5 Å². The molecule has 0 heterocycles. The van der Waals surface area contributed by atoms with Crippen molar-refractivity contribution in [2.75, 3.05) is 13.2 Å². The monoisotopic (exact) mass is 474 g/mol. The van der Waals surface area contributed by atoms with Crippen molar-refractivity contribution in [3.8, 4) is 0 Å². The summed E-state index contributed by atoms with van der Waals surface area (Å²) in [6.07, 6.45) is 15.5. The Morgan fingerprint density at radius 1 is 0.656 bits per heavy atom. The lowest BCUT2D eigenvalue weighted by atomic mass is 9.75. The molecule has 0 aromatic carbocycles. The Morgan fingerprint density at radius 3 is 1.19 bits per heavy atom. The normalized spacial score (nSPS) is 12.4. The molecule has 32 heavy (non-hydrogen) atoms. The number of hydrogen-bond donors (Lipinski definition) is 0. The summed E-state index contributed by atoms with van der Waals surface area (Å²) in [5.74, 6) is 0.444. The Morgan fingerprint density at radius 2 is 0.969 bits per heavy atom. The molecule has 2 nitrogen and oxygen atoms in total. The van der Waals surface area contributed by atoms with E-state index in [0.29, 0.717) is 19.1 Å². The maximum atomic E-state index is 6.92. The zero-order valence-corrected chi connectivity index (χ0v) is 23.4. The molecule has 0 unspecified atom stereocenters. The third-order valence-electron chi connectivity index (χ3n) is 6.68. The van der Waals surface area contributed by atoms with Crippen LogP contribution in [0.4, 0.5) is 0 Å². The van der Waals surface area contributed by atoms with Crippen LogP contribution < -0.4 is 0 Å². The SMILES string of the molecule is C=CC[Si](CC=C)(CC=C)OCC(CCCC)(CO[Si](CC=C)(CC=C)CC=C)C(C)C. The minimum absolute atomic E-state index is 0.0282. The second-order valence-corrected chi connectivity index (χ2v) is 17.3. The van der Waals surface area contributed by atoms with E-state index in [2.05, 4.69) is 60.2 Å². The quantitative estimate of drug-likeness (QED) is 0.115. The Hall–Kier alpha value is -1.21. The smallest absolute Gasteiger partial charge is 0.203 e. The van der Waals surface area contributed by atoms with Crippen molar-refractivity contribution in [3.05, 3.63) is 75.9 Å². The van der Waals surface area contributed by atoms with Crippen LogP contribution in [-0.4, -0.2) is 29.8 Å². The number of hydrogen-bond acceptors (Lipinski definition) is 2. The Labute approximate surface area is 202 Å². The van der Waals surface area contributed by atoms with Crippen LogP contribution >= 0.6 is 0 Å². The minimum atomic E-state index is -2.06. The number of allylic oxidation sites excluding steroid dienone is 6. The summed E-state index contributed by atoms with van der Waals surface area (Å²) < 4.78 is 13.8. The molecule has 0 saturated carbocycles. The van der Waals surface area contributed by atoms with Gasteiger partial charge in [-0.1, -0.05) is 70.1 Å². The molecule has 0 bridgehead atoms. The van der Waals surface area contributed by atoms with E-state index in [1.54, 1.807) is 0 Å². The molecule has 0 aliphatic carbocycles. The maximum absolute atomic E-state index is 6.92. The van der Waals surface area contributed by atoms with Crippen molar-refractivity contribution in [3.63, 3.8) is 0 Å². The number of rotatable bonds is 22. The summed E-state index contributed by atoms with van der Waals surface area (Å²) in [5, 5.41) is 0. The second-order valence-electron chi connectivity index (χ2n) is 9.52. The molecule has 0 amide bonds. The highest BCUT2D eigenvalue weighted by Gasteiger charge is 2.41. The first-order chi connectivity index (χ1) is 15.3. The zero-order chi connectivity index (χ0) is 24.5. The van der Waals surface area contributed by atoms with Crippen molar-refractivity contribution in [2.24, 2.45) is 11.3 Å². The van der Waals surface area contributed by atoms with Gasteiger partial charge in [0.05, 0.1) is 0 Å². The van der Waals surface area contributed by atoms with E-state index in [1.165, 1.54) is 6.42 Å². The van der Waals surface area contributed by atoms with Gasteiger partial charge in [0.2, 0.25) is 16.6 Å². The molecule has 0 saturated heterocycles. The standard InChI is InChI=1S/C28H50O2Si2/c1-10-17-18-28(27(8)9,25-29-31(19-11-2,20-12-3)21-13-4)26-30-32(22-14-5,23-15-6)24-16-7/h11-16,27H,2-7,10,17-26H2,1,8-9H3. The van der Waals surface area contributed by atoms with E-state index in [0.717, 1.165) is 49.1 Å². The molecule has 0 atom stereocenters. The molecule has 0 aromatic heterocycles. The molecule has 0 fully saturated rings. The zero-order valence-electron chi connectivity index (χ0n) is 21.4. The van der Waals surface area contributed by atoms with Crippen LogP contribution in [0.1, 0.15) is 40.0 Å². The van der Waals surface area contributed by atoms with Crippen molar-refractivity contribution < 1.29 is 8.85 Å². The molecule has 0 aliphatic heterocycles. The summed E-state index contributed by atoms with van der Waals surface area (Å²) in [6, 6.07) is 5.48. The van der Waals surface area contributed by atoms with Gasteiger partial charge in [-0.2, -0.15) is 0 Å². The Bertz CT molecular complexity index is 499. The Balaban J connectivity index is 6.00. The molecular weight excluding hydrogens is 424 g/mol. The fraction of sp³-hybridized carbons (Fsp3) is 0.571. The molecule has 0 N–H and O–H groups in total. The van der Waals surface area contributed by atoms with Gasteiger partial charge in [0.1, 0.15) is 0 Å². The van der Waals surface area contributed by atoms with Crippen molar-refractivity contribution in [2.45, 2.75) is 76.3 Å². The van der Waals surface area contributed by atoms with Crippen LogP contribution in [0.15, 0.2) is 75.9 Å². The Kier molecular flexibility index (Phi) is 15.8. The van der Waals surface area contributed by atoms with Gasteiger partial charge in [0.25, 0.3) is 0 Å². The average molecular weight is 475 g/mol. The molecular formula is C28H50O2Si2. The van der Waals surface area contributed by atoms with Crippen LogP contribution in [0.2, 0.25) is 36.3 Å². The van der Waals surface area contributed by atoms with Gasteiger partial charge in [-0.25, -0.2) is 0 Å². The van der Waals surface area contributed by atoms with E-state index in [9.17, 15) is 0 Å². The van der Waals surface area contributed by atoms with Gasteiger partial charge in [-0.15, -0.1) is 39.5 Å². The molecule has 0 spiro atoms. The summed E-state index contributed by atoms with van der Waals surface area (Å²) in [7, 11) is -4.12. The van der Waals surface area contributed by atoms with Gasteiger partial charge in [0.15, 0.2) is 0 Å². The van der Waals surface area contributed by atoms with E-state index in [-0.39, 0.29) is 5.41 Å². The van der Waals surface area contributed by atoms with Crippen LogP contribution in [-0.2, 0) is 8.85 Å². The molecule has 182 valence electrons. The minimum Gasteiger partial charge on any atom is -0.415 e. The third-order valence-corrected chi connectivity index (χ3v) is 14.4. The average Bonchev–Trinajstić information content (AvgIpc) is 2.74. The highest BCUT2D eigenvalue weighted by atomic mass is 28.4. The van der Waals surface area contributed by atoms with Crippen molar-refractivity contribution in [1.82, 2.24) is 0 Å². The second kappa shape index (κ2) is 16.4. The predicted molar refractivity (Wildman–Crippen MR) is 150 cm³/mol. The molecule has 4 heteroatoms. The van der Waals surface area contributed by atoms with Gasteiger partial charge < -0.3 is 8.85 Å². The maximum Gasteiger partial charge on any atom is 0.203 e. The predicted octanol–water partition coefficient (Wildman–Crippen LogP) is 8.86. The molecule has 0 rings (SSSR count). The van der Waals surface area contributed by atoms with E-state index < -0.39 is 16.6 Å². The van der Waals surface area contributed by atoms with Gasteiger partial charge in [-0.3, -0.25) is 0 Å². The van der Waals surface area contributed by atoms with Gasteiger partial charge in [-0.05, 0) is 48.6 Å². The lowest BCUT2D eigenvalue weighted by molar-refractivity contribution is 0.0192. The van der Waals surface area contributed by atoms with Crippen LogP contribution in [0, 0.1) is 11.3 Å². The first kappa shape index (κ1) is 30.8. The summed E-state index contributed by atoms with van der Waals surface area (Å²) in [6.45, 7) is 32.4. The van der Waals surface area contributed by atoms with Gasteiger partial charge >= 0.3 is 0 Å². The fourth-order valence-corrected chi connectivity index (χ4v) is 10.4. The summed E-state index contributed by atoms with van der Waals surface area (Å²) >= 11 is 0. The van der Waals surface area contributed by atoms with E-state index in [1.807, 2.05) is 36.5 Å². The fourth-order valence-electron chi connectivity index (χ4n) is 4.36. The largest absolute Gasteiger partial charge is 0.415 e. The molecule has 0 radical (unpaired) electrons.